The number of anilines is 1. The third-order valence-electron chi connectivity index (χ3n) is 5.33. The Morgan fingerprint density at radius 1 is 0.914 bits per heavy atom. The molecule has 6 nitrogen and oxygen atoms in total. The van der Waals surface area contributed by atoms with Gasteiger partial charge in [-0.2, -0.15) is 0 Å². The highest BCUT2D eigenvalue weighted by molar-refractivity contribution is 7.99. The second kappa shape index (κ2) is 10.9. The van der Waals surface area contributed by atoms with Crippen LogP contribution in [-0.4, -0.2) is 10.8 Å². The molecule has 4 rings (SSSR count). The van der Waals surface area contributed by atoms with E-state index in [9.17, 15) is 14.9 Å². The monoisotopic (exact) mass is 484 g/mol. The lowest BCUT2D eigenvalue weighted by Crippen LogP contribution is -2.13. The van der Waals surface area contributed by atoms with Gasteiger partial charge in [0.15, 0.2) is 0 Å². The number of nitro groups is 1. The van der Waals surface area contributed by atoms with Crippen molar-refractivity contribution in [3.05, 3.63) is 118 Å². The topological polar surface area (TPSA) is 81.5 Å². The average molecular weight is 485 g/mol. The molecular weight excluding hydrogens is 460 g/mol. The second-order valence-corrected chi connectivity index (χ2v) is 9.07. The number of nitrogens with zero attached hydrogens (tertiary/aromatic N) is 1. The van der Waals surface area contributed by atoms with Crippen molar-refractivity contribution in [1.29, 1.82) is 0 Å². The lowest BCUT2D eigenvalue weighted by atomic mass is 10.1. The molecule has 0 fully saturated rings. The standard InChI is InChI=1S/C28H24N2O4S/c1-3-20-6-4-5-7-27(20)29-28(31)21-10-12-23(13-11-21)34-24-16-22(30(32)33)17-26(18-24)35-25-14-8-19(2)9-15-25/h4-18H,3H2,1-2H3,(H,29,31). The molecule has 0 unspecified atom stereocenters. The highest BCUT2D eigenvalue weighted by atomic mass is 32.2. The van der Waals surface area contributed by atoms with E-state index in [2.05, 4.69) is 5.32 Å². The zero-order valence-corrected chi connectivity index (χ0v) is 20.2. The Morgan fingerprint density at radius 3 is 2.31 bits per heavy atom. The number of ether oxygens (including phenoxy) is 1. The number of benzene rings is 4. The number of non-ortho nitro benzene ring substituents is 1. The van der Waals surface area contributed by atoms with Gasteiger partial charge in [0.05, 0.1) is 11.0 Å². The molecule has 0 saturated carbocycles. The summed E-state index contributed by atoms with van der Waals surface area (Å²) in [6, 6.07) is 27.0. The highest BCUT2D eigenvalue weighted by Crippen LogP contribution is 2.35. The minimum absolute atomic E-state index is 0.0531. The maximum atomic E-state index is 12.7. The number of aryl methyl sites for hydroxylation is 2. The SMILES string of the molecule is CCc1ccccc1NC(=O)c1ccc(Oc2cc(Sc3ccc(C)cc3)cc([N+](=O)[O-])c2)cc1. The maximum absolute atomic E-state index is 12.7. The molecule has 0 aliphatic carbocycles. The quantitative estimate of drug-likeness (QED) is 0.205. The van der Waals surface area contributed by atoms with Crippen molar-refractivity contribution >= 4 is 29.0 Å². The van der Waals surface area contributed by atoms with Crippen molar-refractivity contribution in [2.45, 2.75) is 30.1 Å². The summed E-state index contributed by atoms with van der Waals surface area (Å²) >= 11 is 1.43. The van der Waals surface area contributed by atoms with Gasteiger partial charge in [-0.3, -0.25) is 14.9 Å². The smallest absolute Gasteiger partial charge is 0.274 e. The van der Waals surface area contributed by atoms with Gasteiger partial charge in [-0.1, -0.05) is 54.6 Å². The van der Waals surface area contributed by atoms with E-state index >= 15 is 0 Å². The lowest BCUT2D eigenvalue weighted by Gasteiger charge is -2.11. The summed E-state index contributed by atoms with van der Waals surface area (Å²) in [5.41, 5.74) is 3.42. The first kappa shape index (κ1) is 24.0. The van der Waals surface area contributed by atoms with Crippen LogP contribution in [0.25, 0.3) is 0 Å². The van der Waals surface area contributed by atoms with Crippen LogP contribution in [0.5, 0.6) is 11.5 Å². The zero-order valence-electron chi connectivity index (χ0n) is 19.4. The summed E-state index contributed by atoms with van der Waals surface area (Å²) in [5.74, 6) is 0.606. The van der Waals surface area contributed by atoms with Crippen LogP contribution in [0.1, 0.15) is 28.4 Å². The van der Waals surface area contributed by atoms with E-state index in [1.165, 1.54) is 23.9 Å². The lowest BCUT2D eigenvalue weighted by molar-refractivity contribution is -0.385. The van der Waals surface area contributed by atoms with E-state index in [0.29, 0.717) is 22.0 Å². The Kier molecular flexibility index (Phi) is 7.48. The number of hydrogen-bond donors (Lipinski definition) is 1. The van der Waals surface area contributed by atoms with E-state index in [1.807, 2.05) is 62.4 Å². The predicted molar refractivity (Wildman–Crippen MR) is 139 cm³/mol. The molecule has 4 aromatic rings. The van der Waals surface area contributed by atoms with Gasteiger partial charge in [0.2, 0.25) is 0 Å². The zero-order chi connectivity index (χ0) is 24.8. The van der Waals surface area contributed by atoms with Gasteiger partial charge in [-0.25, -0.2) is 0 Å². The highest BCUT2D eigenvalue weighted by Gasteiger charge is 2.13. The van der Waals surface area contributed by atoms with Crippen LogP contribution in [-0.2, 0) is 6.42 Å². The third-order valence-corrected chi connectivity index (χ3v) is 6.31. The van der Waals surface area contributed by atoms with E-state index in [4.69, 9.17) is 4.74 Å². The molecule has 0 aliphatic rings. The molecular formula is C28H24N2O4S. The third kappa shape index (κ3) is 6.28. The first-order valence-corrected chi connectivity index (χ1v) is 11.9. The molecule has 4 aromatic carbocycles. The molecule has 176 valence electrons. The van der Waals surface area contributed by atoms with Crippen molar-refractivity contribution in [3.63, 3.8) is 0 Å². The number of rotatable bonds is 8. The van der Waals surface area contributed by atoms with Crippen LogP contribution in [0.3, 0.4) is 0 Å². The number of nitrogens with one attached hydrogen (secondary N) is 1. The first-order valence-electron chi connectivity index (χ1n) is 11.1. The molecule has 0 radical (unpaired) electrons. The van der Waals surface area contributed by atoms with Gasteiger partial charge >= 0.3 is 0 Å². The molecule has 0 spiro atoms. The molecule has 0 saturated heterocycles. The Balaban J connectivity index is 1.50. The Labute approximate surface area is 208 Å². The van der Waals surface area contributed by atoms with Crippen molar-refractivity contribution in [1.82, 2.24) is 0 Å². The van der Waals surface area contributed by atoms with Crippen molar-refractivity contribution in [3.8, 4) is 11.5 Å². The predicted octanol–water partition coefficient (Wildman–Crippen LogP) is 7.66. The molecule has 35 heavy (non-hydrogen) atoms. The van der Waals surface area contributed by atoms with Crippen LogP contribution < -0.4 is 10.1 Å². The van der Waals surface area contributed by atoms with E-state index in [-0.39, 0.29) is 11.6 Å². The summed E-state index contributed by atoms with van der Waals surface area (Å²) in [4.78, 5) is 25.4. The number of nitro benzene ring substituents is 1. The fraction of sp³-hybridized carbons (Fsp3) is 0.107. The number of amides is 1. The summed E-state index contributed by atoms with van der Waals surface area (Å²) in [7, 11) is 0. The molecule has 1 N–H and O–H groups in total. The van der Waals surface area contributed by atoms with Crippen LogP contribution in [0.4, 0.5) is 11.4 Å². The molecule has 0 heterocycles. The van der Waals surface area contributed by atoms with Crippen molar-refractivity contribution < 1.29 is 14.5 Å². The first-order chi connectivity index (χ1) is 16.9. The number of para-hydroxylation sites is 1. The molecule has 0 atom stereocenters. The van der Waals surface area contributed by atoms with Crippen molar-refractivity contribution in [2.75, 3.05) is 5.32 Å². The number of carbonyl (C=O) groups excluding carboxylic acids is 1. The second-order valence-electron chi connectivity index (χ2n) is 7.93. The van der Waals surface area contributed by atoms with Crippen LogP contribution in [0, 0.1) is 17.0 Å². The van der Waals surface area contributed by atoms with Gasteiger partial charge in [0, 0.05) is 27.1 Å². The summed E-state index contributed by atoms with van der Waals surface area (Å²) in [5, 5.41) is 14.4. The molecule has 0 aliphatic heterocycles. The van der Waals surface area contributed by atoms with E-state index in [0.717, 1.165) is 28.1 Å². The Morgan fingerprint density at radius 2 is 1.63 bits per heavy atom. The van der Waals surface area contributed by atoms with Crippen LogP contribution in [0.2, 0.25) is 0 Å². The fourth-order valence-corrected chi connectivity index (χ4v) is 4.38. The number of carbonyl (C=O) groups is 1. The van der Waals surface area contributed by atoms with Crippen molar-refractivity contribution in [2.24, 2.45) is 0 Å². The molecule has 1 amide bonds. The van der Waals surface area contributed by atoms with Gasteiger partial charge in [0.1, 0.15) is 11.5 Å². The molecule has 7 heteroatoms. The summed E-state index contributed by atoms with van der Waals surface area (Å²) in [6.45, 7) is 4.04. The minimum atomic E-state index is -0.437. The molecule has 0 aromatic heterocycles. The largest absolute Gasteiger partial charge is 0.457 e. The minimum Gasteiger partial charge on any atom is -0.457 e. The van der Waals surface area contributed by atoms with Gasteiger partial charge < -0.3 is 10.1 Å². The van der Waals surface area contributed by atoms with Gasteiger partial charge in [0.25, 0.3) is 11.6 Å². The maximum Gasteiger partial charge on any atom is 0.274 e. The van der Waals surface area contributed by atoms with Gasteiger partial charge in [-0.05, 0) is 67.4 Å². The number of hydrogen-bond acceptors (Lipinski definition) is 5. The molecule has 0 bridgehead atoms. The summed E-state index contributed by atoms with van der Waals surface area (Å²) < 4.78 is 5.91. The van der Waals surface area contributed by atoms with E-state index < -0.39 is 4.92 Å². The Hall–Kier alpha value is -4.10. The average Bonchev–Trinajstić information content (AvgIpc) is 2.86. The van der Waals surface area contributed by atoms with Crippen LogP contribution >= 0.6 is 11.8 Å². The van der Waals surface area contributed by atoms with Crippen LogP contribution in [0.15, 0.2) is 101 Å². The normalized spacial score (nSPS) is 10.6. The summed E-state index contributed by atoms with van der Waals surface area (Å²) in [6.07, 6.45) is 0.816. The Bertz CT molecular complexity index is 1350. The van der Waals surface area contributed by atoms with E-state index in [1.54, 1.807) is 30.3 Å². The van der Waals surface area contributed by atoms with Gasteiger partial charge in [-0.15, -0.1) is 0 Å². The fourth-order valence-electron chi connectivity index (χ4n) is 3.48.